The van der Waals surface area contributed by atoms with E-state index in [-0.39, 0.29) is 17.5 Å². The van der Waals surface area contributed by atoms with Crippen molar-refractivity contribution in [3.05, 3.63) is 45.2 Å². The number of fused-ring (bicyclic) bond motifs is 2. The van der Waals surface area contributed by atoms with E-state index >= 15 is 0 Å². The number of rotatable bonds is 4. The van der Waals surface area contributed by atoms with E-state index in [4.69, 9.17) is 4.74 Å². The van der Waals surface area contributed by atoms with E-state index in [0.29, 0.717) is 27.3 Å². The maximum absolute atomic E-state index is 12.6. The van der Waals surface area contributed by atoms with E-state index in [2.05, 4.69) is 10.3 Å². The summed E-state index contributed by atoms with van der Waals surface area (Å²) < 4.78 is 6.52. The first-order valence-electron chi connectivity index (χ1n) is 7.22. The molecule has 120 valence electrons. The van der Waals surface area contributed by atoms with Crippen molar-refractivity contribution in [1.82, 2.24) is 14.7 Å². The zero-order valence-electron chi connectivity index (χ0n) is 13.1. The predicted molar refractivity (Wildman–Crippen MR) is 90.4 cm³/mol. The second-order valence-corrected chi connectivity index (χ2v) is 6.49. The molecule has 0 bridgehead atoms. The third kappa shape index (κ3) is 2.85. The Hall–Kier alpha value is -2.25. The van der Waals surface area contributed by atoms with Gasteiger partial charge in [-0.2, -0.15) is 0 Å². The number of thiophene rings is 1. The van der Waals surface area contributed by atoms with Crippen molar-refractivity contribution in [2.24, 2.45) is 0 Å². The Morgan fingerprint density at radius 1 is 1.52 bits per heavy atom. The number of aryl methyl sites for hydroxylation is 1. The molecule has 3 aromatic rings. The van der Waals surface area contributed by atoms with Crippen molar-refractivity contribution in [2.75, 3.05) is 13.7 Å². The van der Waals surface area contributed by atoms with Crippen LogP contribution >= 0.6 is 11.3 Å². The monoisotopic (exact) mass is 331 g/mol. The Bertz CT molecular complexity index is 945. The number of hydrogen-bond donors (Lipinski definition) is 1. The third-order valence-corrected chi connectivity index (χ3v) is 4.58. The number of carbonyl (C=O) groups is 1. The molecule has 0 saturated heterocycles. The lowest BCUT2D eigenvalue weighted by Gasteiger charge is -2.11. The number of nitrogens with one attached hydrogen (secondary N) is 1. The van der Waals surface area contributed by atoms with Gasteiger partial charge in [0.2, 0.25) is 0 Å². The van der Waals surface area contributed by atoms with Crippen LogP contribution in [0.5, 0.6) is 0 Å². The van der Waals surface area contributed by atoms with Gasteiger partial charge in [-0.3, -0.25) is 14.0 Å². The van der Waals surface area contributed by atoms with Crippen LogP contribution in [0, 0.1) is 6.92 Å². The second-order valence-electron chi connectivity index (χ2n) is 5.46. The minimum Gasteiger partial charge on any atom is -0.383 e. The van der Waals surface area contributed by atoms with Crippen LogP contribution in [0.3, 0.4) is 0 Å². The van der Waals surface area contributed by atoms with Gasteiger partial charge in [-0.25, -0.2) is 4.98 Å². The van der Waals surface area contributed by atoms with Crippen LogP contribution < -0.4 is 10.9 Å². The number of ether oxygens (including phenoxy) is 1. The zero-order chi connectivity index (χ0) is 16.6. The first-order valence-corrected chi connectivity index (χ1v) is 8.04. The maximum Gasteiger partial charge on any atom is 0.266 e. The highest BCUT2D eigenvalue weighted by atomic mass is 32.1. The van der Waals surface area contributed by atoms with E-state index in [0.717, 1.165) is 5.56 Å². The average molecular weight is 331 g/mol. The quantitative estimate of drug-likeness (QED) is 0.793. The Kier molecular flexibility index (Phi) is 4.14. The smallest absolute Gasteiger partial charge is 0.266 e. The molecule has 3 heterocycles. The molecule has 3 aromatic heterocycles. The first kappa shape index (κ1) is 15.6. The zero-order valence-corrected chi connectivity index (χ0v) is 13.9. The summed E-state index contributed by atoms with van der Waals surface area (Å²) in [6, 6.07) is 5.22. The summed E-state index contributed by atoms with van der Waals surface area (Å²) in [6.45, 7) is 4.20. The molecule has 0 saturated carbocycles. The van der Waals surface area contributed by atoms with Crippen molar-refractivity contribution >= 4 is 33.1 Å². The van der Waals surface area contributed by atoms with Gasteiger partial charge >= 0.3 is 0 Å². The molecule has 7 heteroatoms. The van der Waals surface area contributed by atoms with Gasteiger partial charge in [-0.1, -0.05) is 6.07 Å². The fourth-order valence-electron chi connectivity index (χ4n) is 2.46. The average Bonchev–Trinajstić information content (AvgIpc) is 2.93. The fraction of sp³-hybridized carbons (Fsp3) is 0.312. The third-order valence-electron chi connectivity index (χ3n) is 3.55. The van der Waals surface area contributed by atoms with Gasteiger partial charge in [0, 0.05) is 19.3 Å². The van der Waals surface area contributed by atoms with E-state index < -0.39 is 0 Å². The lowest BCUT2D eigenvalue weighted by molar-refractivity contribution is 0.0909. The summed E-state index contributed by atoms with van der Waals surface area (Å²) in [5.41, 5.74) is 1.38. The minimum atomic E-state index is -0.220. The standard InChI is InChI=1S/C16H17N3O3S/c1-9-5-4-6-19-13(9)18-15-11(16(19)21)7-12(23-15)14(20)17-10(2)8-22-3/h4-7,10H,8H2,1-3H3,(H,17,20). The SMILES string of the molecule is COCC(C)NC(=O)c1cc2c(=O)n3cccc(C)c3nc2s1. The Morgan fingerprint density at radius 2 is 2.30 bits per heavy atom. The summed E-state index contributed by atoms with van der Waals surface area (Å²) in [5.74, 6) is -0.220. The van der Waals surface area contributed by atoms with Gasteiger partial charge in [0.1, 0.15) is 10.5 Å². The lowest BCUT2D eigenvalue weighted by atomic mass is 10.3. The number of methoxy groups -OCH3 is 1. The molecule has 6 nitrogen and oxygen atoms in total. The van der Waals surface area contributed by atoms with Gasteiger partial charge < -0.3 is 10.1 Å². The molecule has 1 unspecified atom stereocenters. The molecule has 23 heavy (non-hydrogen) atoms. The Morgan fingerprint density at radius 3 is 3.04 bits per heavy atom. The molecule has 0 spiro atoms. The molecule has 0 aliphatic rings. The van der Waals surface area contributed by atoms with Gasteiger partial charge in [0.25, 0.3) is 11.5 Å². The van der Waals surface area contributed by atoms with Gasteiger partial charge in [0.15, 0.2) is 0 Å². The van der Waals surface area contributed by atoms with Gasteiger partial charge in [-0.05, 0) is 31.5 Å². The topological polar surface area (TPSA) is 72.7 Å². The highest BCUT2D eigenvalue weighted by Gasteiger charge is 2.16. The number of carbonyl (C=O) groups excluding carboxylic acids is 1. The van der Waals surface area contributed by atoms with Crippen molar-refractivity contribution in [3.8, 4) is 0 Å². The van der Waals surface area contributed by atoms with Crippen LogP contribution in [0.15, 0.2) is 29.2 Å². The van der Waals surface area contributed by atoms with Crippen LogP contribution in [0.25, 0.3) is 15.9 Å². The normalized spacial score (nSPS) is 12.7. The number of aromatic nitrogens is 2. The molecular formula is C16H17N3O3S. The Labute approximate surface area is 136 Å². The molecule has 1 atom stereocenters. The van der Waals surface area contributed by atoms with E-state index in [9.17, 15) is 9.59 Å². The van der Waals surface area contributed by atoms with E-state index in [1.54, 1.807) is 19.4 Å². The molecule has 3 rings (SSSR count). The van der Waals surface area contributed by atoms with Crippen molar-refractivity contribution in [1.29, 1.82) is 0 Å². The highest BCUT2D eigenvalue weighted by Crippen LogP contribution is 2.22. The van der Waals surface area contributed by atoms with Crippen molar-refractivity contribution < 1.29 is 9.53 Å². The molecule has 1 N–H and O–H groups in total. The molecule has 0 aliphatic heterocycles. The van der Waals surface area contributed by atoms with Crippen molar-refractivity contribution in [2.45, 2.75) is 19.9 Å². The summed E-state index contributed by atoms with van der Waals surface area (Å²) >= 11 is 1.23. The van der Waals surface area contributed by atoms with Crippen LogP contribution in [0.2, 0.25) is 0 Å². The molecule has 0 radical (unpaired) electrons. The lowest BCUT2D eigenvalue weighted by Crippen LogP contribution is -2.35. The number of hydrogen-bond acceptors (Lipinski definition) is 5. The van der Waals surface area contributed by atoms with Crippen LogP contribution in [0.1, 0.15) is 22.2 Å². The van der Waals surface area contributed by atoms with Crippen LogP contribution in [-0.2, 0) is 4.74 Å². The number of nitrogens with zero attached hydrogens (tertiary/aromatic N) is 2. The summed E-state index contributed by atoms with van der Waals surface area (Å²) in [7, 11) is 1.58. The predicted octanol–water partition coefficient (Wildman–Crippen LogP) is 1.98. The van der Waals surface area contributed by atoms with Gasteiger partial charge in [0.05, 0.1) is 16.9 Å². The fourth-order valence-corrected chi connectivity index (χ4v) is 3.38. The summed E-state index contributed by atoms with van der Waals surface area (Å²) in [5, 5.41) is 3.30. The van der Waals surface area contributed by atoms with Crippen LogP contribution in [-0.4, -0.2) is 35.1 Å². The van der Waals surface area contributed by atoms with Gasteiger partial charge in [-0.15, -0.1) is 11.3 Å². The molecule has 1 amide bonds. The van der Waals surface area contributed by atoms with Crippen molar-refractivity contribution in [3.63, 3.8) is 0 Å². The minimum absolute atomic E-state index is 0.104. The summed E-state index contributed by atoms with van der Waals surface area (Å²) in [6.07, 6.45) is 1.69. The molecule has 0 fully saturated rings. The highest BCUT2D eigenvalue weighted by molar-refractivity contribution is 7.20. The number of amides is 1. The first-order chi connectivity index (χ1) is 11.0. The molecule has 0 aliphatic carbocycles. The van der Waals surface area contributed by atoms with Crippen LogP contribution in [0.4, 0.5) is 0 Å². The number of pyridine rings is 1. The molecule has 0 aromatic carbocycles. The Balaban J connectivity index is 2.07. The second kappa shape index (κ2) is 6.10. The largest absolute Gasteiger partial charge is 0.383 e. The van der Waals surface area contributed by atoms with E-state index in [1.807, 2.05) is 26.0 Å². The summed E-state index contributed by atoms with van der Waals surface area (Å²) in [4.78, 5) is 30.4. The molecular weight excluding hydrogens is 314 g/mol. The maximum atomic E-state index is 12.6. The van der Waals surface area contributed by atoms with E-state index in [1.165, 1.54) is 15.7 Å².